The molecule has 13 heavy (non-hydrogen) atoms. The molecule has 1 amide bonds. The lowest BCUT2D eigenvalue weighted by atomic mass is 9.86. The summed E-state index contributed by atoms with van der Waals surface area (Å²) in [4.78, 5) is 12.9. The van der Waals surface area contributed by atoms with Gasteiger partial charge < -0.3 is 10.6 Å². The molecular formula is C9H18N2OS. The van der Waals surface area contributed by atoms with Crippen LogP contribution in [0.15, 0.2) is 0 Å². The third-order valence-electron chi connectivity index (χ3n) is 2.13. The van der Waals surface area contributed by atoms with Crippen LogP contribution in [-0.4, -0.2) is 28.6 Å². The number of nitrogens with zero attached hydrogens (tertiary/aromatic N) is 1. The molecule has 2 N–H and O–H groups in total. The lowest BCUT2D eigenvalue weighted by Crippen LogP contribution is -2.37. The van der Waals surface area contributed by atoms with E-state index in [4.69, 9.17) is 5.73 Å². The summed E-state index contributed by atoms with van der Waals surface area (Å²) in [6.07, 6.45) is 0.862. The first-order valence-corrected chi connectivity index (χ1v) is 5.27. The minimum absolute atomic E-state index is 0.0792. The summed E-state index contributed by atoms with van der Waals surface area (Å²) in [6, 6.07) is 0. The molecule has 1 saturated heterocycles. The molecule has 76 valence electrons. The zero-order valence-corrected chi connectivity index (χ0v) is 9.57. The van der Waals surface area contributed by atoms with Crippen molar-refractivity contribution in [1.29, 1.82) is 0 Å². The Labute approximate surface area is 84.0 Å². The Morgan fingerprint density at radius 3 is 2.54 bits per heavy atom. The minimum Gasteiger partial charge on any atom is -0.336 e. The van der Waals surface area contributed by atoms with E-state index in [2.05, 4.69) is 13.8 Å². The molecule has 0 aromatic rings. The molecule has 0 aromatic heterocycles. The lowest BCUT2D eigenvalue weighted by molar-refractivity contribution is 0.199. The van der Waals surface area contributed by atoms with E-state index in [0.29, 0.717) is 0 Å². The van der Waals surface area contributed by atoms with Gasteiger partial charge >= 0.3 is 0 Å². The monoisotopic (exact) mass is 202 g/mol. The molecule has 1 aliphatic rings. The van der Waals surface area contributed by atoms with Gasteiger partial charge in [0.05, 0.1) is 4.87 Å². The van der Waals surface area contributed by atoms with Crippen LogP contribution in [0.25, 0.3) is 0 Å². The molecule has 0 aromatic carbocycles. The van der Waals surface area contributed by atoms with Crippen LogP contribution >= 0.6 is 11.8 Å². The van der Waals surface area contributed by atoms with Gasteiger partial charge in [0.2, 0.25) is 0 Å². The largest absolute Gasteiger partial charge is 0.336 e. The van der Waals surface area contributed by atoms with Gasteiger partial charge in [-0.3, -0.25) is 4.79 Å². The minimum atomic E-state index is -0.425. The highest BCUT2D eigenvalue weighted by Gasteiger charge is 2.37. The molecule has 0 bridgehead atoms. The van der Waals surface area contributed by atoms with E-state index in [1.807, 2.05) is 14.0 Å². The van der Waals surface area contributed by atoms with Crippen molar-refractivity contribution >= 4 is 17.0 Å². The lowest BCUT2D eigenvalue weighted by Gasteiger charge is -2.30. The first-order chi connectivity index (χ1) is 5.72. The predicted octanol–water partition coefficient (Wildman–Crippen LogP) is 1.88. The molecule has 3 nitrogen and oxygen atoms in total. The van der Waals surface area contributed by atoms with Crippen LogP contribution in [0.4, 0.5) is 4.79 Å². The Bertz CT molecular complexity index is 226. The van der Waals surface area contributed by atoms with Gasteiger partial charge in [0.15, 0.2) is 0 Å². The molecule has 0 aliphatic carbocycles. The number of amides is 1. The first kappa shape index (κ1) is 10.9. The van der Waals surface area contributed by atoms with E-state index in [1.165, 1.54) is 11.8 Å². The number of thioether (sulfide) groups is 1. The summed E-state index contributed by atoms with van der Waals surface area (Å²) in [5.41, 5.74) is 6.13. The second kappa shape index (κ2) is 3.17. The van der Waals surface area contributed by atoms with E-state index in [9.17, 15) is 4.79 Å². The fourth-order valence-electron chi connectivity index (χ4n) is 2.03. The fourth-order valence-corrected chi connectivity index (χ4v) is 3.11. The normalized spacial score (nSPS) is 34.5. The number of carbonyl (C=O) groups is 1. The average Bonchev–Trinajstić information content (AvgIpc) is 1.85. The molecule has 1 aliphatic heterocycles. The van der Waals surface area contributed by atoms with Gasteiger partial charge in [-0.1, -0.05) is 13.8 Å². The maximum absolute atomic E-state index is 11.5. The predicted molar refractivity (Wildman–Crippen MR) is 56.6 cm³/mol. The summed E-state index contributed by atoms with van der Waals surface area (Å²) in [7, 11) is 1.83. The van der Waals surface area contributed by atoms with Crippen molar-refractivity contribution in [3.63, 3.8) is 0 Å². The van der Waals surface area contributed by atoms with Crippen molar-refractivity contribution in [2.24, 2.45) is 11.1 Å². The Kier molecular flexibility index (Phi) is 2.65. The Morgan fingerprint density at radius 1 is 1.46 bits per heavy atom. The van der Waals surface area contributed by atoms with Gasteiger partial charge in [0.25, 0.3) is 5.24 Å². The molecule has 0 saturated carbocycles. The van der Waals surface area contributed by atoms with Gasteiger partial charge in [-0.05, 0) is 30.5 Å². The molecule has 0 spiro atoms. The number of nitrogens with two attached hydrogens (primary N) is 1. The summed E-state index contributed by atoms with van der Waals surface area (Å²) in [5, 5.41) is 0.0792. The third-order valence-corrected chi connectivity index (χ3v) is 3.22. The van der Waals surface area contributed by atoms with Gasteiger partial charge in [-0.2, -0.15) is 0 Å². The molecule has 1 heterocycles. The van der Waals surface area contributed by atoms with Crippen LogP contribution in [0.3, 0.4) is 0 Å². The Balaban J connectivity index is 2.87. The van der Waals surface area contributed by atoms with Crippen LogP contribution in [0, 0.1) is 5.41 Å². The van der Waals surface area contributed by atoms with Crippen LogP contribution < -0.4 is 5.73 Å². The Morgan fingerprint density at radius 2 is 2.00 bits per heavy atom. The second-order valence-corrected chi connectivity index (χ2v) is 6.36. The van der Waals surface area contributed by atoms with Crippen molar-refractivity contribution in [3.05, 3.63) is 0 Å². The zero-order chi connectivity index (χ0) is 10.3. The van der Waals surface area contributed by atoms with E-state index in [0.717, 1.165) is 13.0 Å². The third kappa shape index (κ3) is 2.88. The van der Waals surface area contributed by atoms with E-state index in [-0.39, 0.29) is 10.7 Å². The second-order valence-electron chi connectivity index (χ2n) is 4.88. The van der Waals surface area contributed by atoms with Crippen molar-refractivity contribution in [2.75, 3.05) is 13.6 Å². The quantitative estimate of drug-likeness (QED) is 0.652. The molecule has 1 unspecified atom stereocenters. The number of hydrogen-bond donors (Lipinski definition) is 1. The van der Waals surface area contributed by atoms with Gasteiger partial charge in [0.1, 0.15) is 0 Å². The number of rotatable bonds is 0. The van der Waals surface area contributed by atoms with Crippen LogP contribution in [0.1, 0.15) is 27.2 Å². The van der Waals surface area contributed by atoms with E-state index >= 15 is 0 Å². The first-order valence-electron chi connectivity index (χ1n) is 4.45. The average molecular weight is 202 g/mol. The number of carbonyl (C=O) groups excluding carboxylic acids is 1. The van der Waals surface area contributed by atoms with Crippen LogP contribution in [0.5, 0.6) is 0 Å². The maximum Gasteiger partial charge on any atom is 0.283 e. The summed E-state index contributed by atoms with van der Waals surface area (Å²) in [5.74, 6) is 0. The van der Waals surface area contributed by atoms with Crippen molar-refractivity contribution in [3.8, 4) is 0 Å². The highest BCUT2D eigenvalue weighted by Crippen LogP contribution is 2.38. The highest BCUT2D eigenvalue weighted by molar-refractivity contribution is 8.14. The van der Waals surface area contributed by atoms with Gasteiger partial charge in [-0.15, -0.1) is 0 Å². The molecular weight excluding hydrogens is 184 g/mol. The van der Waals surface area contributed by atoms with Crippen molar-refractivity contribution in [2.45, 2.75) is 32.1 Å². The summed E-state index contributed by atoms with van der Waals surface area (Å²) in [6.45, 7) is 7.00. The van der Waals surface area contributed by atoms with E-state index < -0.39 is 4.87 Å². The standard InChI is InChI=1S/C9H18N2OS/c1-8(2)5-9(3,10)13-7(12)11(4)6-8/h5-6,10H2,1-4H3. The smallest absolute Gasteiger partial charge is 0.283 e. The molecule has 1 atom stereocenters. The van der Waals surface area contributed by atoms with Crippen LogP contribution in [-0.2, 0) is 0 Å². The maximum atomic E-state index is 11.5. The molecule has 1 rings (SSSR count). The van der Waals surface area contributed by atoms with Crippen LogP contribution in [0.2, 0.25) is 0 Å². The van der Waals surface area contributed by atoms with Crippen molar-refractivity contribution in [1.82, 2.24) is 4.90 Å². The highest BCUT2D eigenvalue weighted by atomic mass is 32.2. The summed E-state index contributed by atoms with van der Waals surface area (Å²) < 4.78 is 0. The molecule has 0 radical (unpaired) electrons. The number of hydrogen-bond acceptors (Lipinski definition) is 3. The van der Waals surface area contributed by atoms with Crippen molar-refractivity contribution < 1.29 is 4.79 Å². The topological polar surface area (TPSA) is 46.3 Å². The molecule has 1 fully saturated rings. The fraction of sp³-hybridized carbons (Fsp3) is 0.889. The molecule has 4 heteroatoms. The van der Waals surface area contributed by atoms with Gasteiger partial charge in [-0.25, -0.2) is 0 Å². The SMILES string of the molecule is CN1CC(C)(C)CC(C)(N)SC1=O. The zero-order valence-electron chi connectivity index (χ0n) is 8.76. The Hall–Kier alpha value is -0.220. The van der Waals surface area contributed by atoms with E-state index in [1.54, 1.807) is 4.90 Å². The summed E-state index contributed by atoms with van der Waals surface area (Å²) >= 11 is 1.24. The van der Waals surface area contributed by atoms with Gasteiger partial charge in [0, 0.05) is 13.6 Å².